The highest BCUT2D eigenvalue weighted by Crippen LogP contribution is 2.18. The summed E-state index contributed by atoms with van der Waals surface area (Å²) < 4.78 is 3.40. The van der Waals surface area contributed by atoms with Gasteiger partial charge in [-0.1, -0.05) is 17.7 Å². The van der Waals surface area contributed by atoms with Crippen molar-refractivity contribution in [2.24, 2.45) is 0 Å². The Balaban J connectivity index is 1.64. The van der Waals surface area contributed by atoms with E-state index in [4.69, 9.17) is 11.6 Å². The topological polar surface area (TPSA) is 77.6 Å². The summed E-state index contributed by atoms with van der Waals surface area (Å²) >= 11 is 6.14. The van der Waals surface area contributed by atoms with Crippen LogP contribution in [-0.4, -0.2) is 30.5 Å². The molecule has 0 saturated carbocycles. The number of carbonyl (C=O) groups is 1. The Labute approximate surface area is 144 Å². The first-order valence-corrected chi connectivity index (χ1v) is 7.82. The monoisotopic (exact) mass is 344 g/mol. The molecular formula is C16H17ClN6O. The van der Waals surface area contributed by atoms with Gasteiger partial charge in [-0.3, -0.25) is 14.5 Å². The van der Waals surface area contributed by atoms with Gasteiger partial charge in [0.2, 0.25) is 0 Å². The molecule has 0 aliphatic heterocycles. The molecule has 0 saturated heterocycles. The predicted molar refractivity (Wildman–Crippen MR) is 89.7 cm³/mol. The van der Waals surface area contributed by atoms with E-state index < -0.39 is 0 Å². The van der Waals surface area contributed by atoms with Gasteiger partial charge in [-0.05, 0) is 31.5 Å². The summed E-state index contributed by atoms with van der Waals surface area (Å²) in [5.74, 6) is -0.232. The molecule has 24 heavy (non-hydrogen) atoms. The molecule has 124 valence electrons. The predicted octanol–water partition coefficient (Wildman–Crippen LogP) is 2.18. The van der Waals surface area contributed by atoms with Gasteiger partial charge in [0.05, 0.1) is 16.4 Å². The Morgan fingerprint density at radius 1 is 1.29 bits per heavy atom. The zero-order valence-corrected chi connectivity index (χ0v) is 14.2. The van der Waals surface area contributed by atoms with E-state index in [2.05, 4.69) is 20.5 Å². The fraction of sp³-hybridized carbons (Fsp3) is 0.250. The number of aryl methyl sites for hydroxylation is 1. The van der Waals surface area contributed by atoms with Crippen LogP contribution in [0.25, 0.3) is 0 Å². The van der Waals surface area contributed by atoms with Crippen molar-refractivity contribution in [3.63, 3.8) is 0 Å². The quantitative estimate of drug-likeness (QED) is 0.769. The number of halogens is 1. The minimum absolute atomic E-state index is 0.232. The largest absolute Gasteiger partial charge is 0.347 e. The lowest BCUT2D eigenvalue weighted by Crippen LogP contribution is -2.23. The van der Waals surface area contributed by atoms with Crippen molar-refractivity contribution >= 4 is 17.5 Å². The molecule has 1 amide bonds. The van der Waals surface area contributed by atoms with Crippen molar-refractivity contribution in [3.8, 4) is 0 Å². The highest BCUT2D eigenvalue weighted by atomic mass is 35.5. The first-order valence-electron chi connectivity index (χ1n) is 7.44. The number of pyridine rings is 1. The van der Waals surface area contributed by atoms with Crippen LogP contribution < -0.4 is 5.32 Å². The van der Waals surface area contributed by atoms with E-state index in [0.717, 1.165) is 17.0 Å². The molecule has 0 bridgehead atoms. The van der Waals surface area contributed by atoms with Crippen LogP contribution in [0.15, 0.2) is 36.8 Å². The van der Waals surface area contributed by atoms with E-state index in [0.29, 0.717) is 23.9 Å². The third kappa shape index (κ3) is 3.46. The number of nitrogens with zero attached hydrogens (tertiary/aromatic N) is 5. The third-order valence-corrected chi connectivity index (χ3v) is 4.17. The molecule has 3 rings (SSSR count). The van der Waals surface area contributed by atoms with Crippen LogP contribution in [0.1, 0.15) is 27.4 Å². The lowest BCUT2D eigenvalue weighted by molar-refractivity contribution is 0.0945. The Morgan fingerprint density at radius 3 is 2.79 bits per heavy atom. The maximum absolute atomic E-state index is 12.2. The lowest BCUT2D eigenvalue weighted by atomic mass is 10.3. The second-order valence-corrected chi connectivity index (χ2v) is 5.79. The van der Waals surface area contributed by atoms with Crippen molar-refractivity contribution in [2.75, 3.05) is 0 Å². The molecule has 0 spiro atoms. The SMILES string of the molecule is Cc1nn(Cn2ccc(C(=O)NCc3cccnc3)n2)c(C)c1Cl. The number of carbonyl (C=O) groups excluding carboxylic acids is 1. The van der Waals surface area contributed by atoms with Gasteiger partial charge in [0.1, 0.15) is 12.4 Å². The van der Waals surface area contributed by atoms with E-state index in [-0.39, 0.29) is 5.91 Å². The number of nitrogens with one attached hydrogen (secondary N) is 1. The average Bonchev–Trinajstić information content (AvgIpc) is 3.15. The Bertz CT molecular complexity index is 855. The van der Waals surface area contributed by atoms with Gasteiger partial charge in [0, 0.05) is 25.1 Å². The summed E-state index contributed by atoms with van der Waals surface area (Å²) in [7, 11) is 0. The molecule has 0 radical (unpaired) electrons. The Hall–Kier alpha value is -2.67. The Morgan fingerprint density at radius 2 is 2.12 bits per heavy atom. The van der Waals surface area contributed by atoms with Crippen LogP contribution in [0.5, 0.6) is 0 Å². The minimum atomic E-state index is -0.232. The van der Waals surface area contributed by atoms with Gasteiger partial charge in [0.15, 0.2) is 0 Å². The van der Waals surface area contributed by atoms with Gasteiger partial charge in [-0.25, -0.2) is 4.68 Å². The highest BCUT2D eigenvalue weighted by molar-refractivity contribution is 6.31. The lowest BCUT2D eigenvalue weighted by Gasteiger charge is -2.05. The number of hydrogen-bond acceptors (Lipinski definition) is 4. The fourth-order valence-electron chi connectivity index (χ4n) is 2.29. The molecule has 3 aromatic rings. The minimum Gasteiger partial charge on any atom is -0.347 e. The molecule has 0 aromatic carbocycles. The zero-order chi connectivity index (χ0) is 17.1. The van der Waals surface area contributed by atoms with Crippen molar-refractivity contribution in [3.05, 3.63) is 64.5 Å². The Kier molecular flexibility index (Phi) is 4.61. The van der Waals surface area contributed by atoms with Crippen LogP contribution in [-0.2, 0) is 13.2 Å². The maximum Gasteiger partial charge on any atom is 0.272 e. The number of hydrogen-bond donors (Lipinski definition) is 1. The van der Waals surface area contributed by atoms with Crippen LogP contribution >= 0.6 is 11.6 Å². The summed E-state index contributed by atoms with van der Waals surface area (Å²) in [4.78, 5) is 16.2. The normalized spacial score (nSPS) is 10.8. The molecular weight excluding hydrogens is 328 g/mol. The van der Waals surface area contributed by atoms with Crippen LogP contribution in [0.4, 0.5) is 0 Å². The van der Waals surface area contributed by atoms with Crippen molar-refractivity contribution < 1.29 is 4.79 Å². The molecule has 0 atom stereocenters. The highest BCUT2D eigenvalue weighted by Gasteiger charge is 2.12. The van der Waals surface area contributed by atoms with Gasteiger partial charge in [-0.15, -0.1) is 0 Å². The van der Waals surface area contributed by atoms with Crippen LogP contribution in [0.3, 0.4) is 0 Å². The molecule has 7 nitrogen and oxygen atoms in total. The summed E-state index contributed by atoms with van der Waals surface area (Å²) in [5.41, 5.74) is 2.93. The molecule has 3 aromatic heterocycles. The van der Waals surface area contributed by atoms with E-state index in [1.165, 1.54) is 0 Å². The van der Waals surface area contributed by atoms with E-state index in [1.807, 2.05) is 26.0 Å². The molecule has 0 aliphatic rings. The molecule has 0 fully saturated rings. The van der Waals surface area contributed by atoms with Crippen molar-refractivity contribution in [1.82, 2.24) is 29.9 Å². The zero-order valence-electron chi connectivity index (χ0n) is 13.4. The van der Waals surface area contributed by atoms with Gasteiger partial charge in [0.25, 0.3) is 5.91 Å². The maximum atomic E-state index is 12.2. The standard InChI is InChI=1S/C16H17ClN6O/c1-11-15(17)12(2)23(20-11)10-22-7-5-14(21-22)16(24)19-9-13-4-3-6-18-8-13/h3-8H,9-10H2,1-2H3,(H,19,24). The molecule has 3 heterocycles. The van der Waals surface area contributed by atoms with Crippen LogP contribution in [0, 0.1) is 13.8 Å². The van der Waals surface area contributed by atoms with E-state index in [1.54, 1.807) is 34.0 Å². The second kappa shape index (κ2) is 6.84. The molecule has 0 unspecified atom stereocenters. The van der Waals surface area contributed by atoms with E-state index >= 15 is 0 Å². The molecule has 0 aliphatic carbocycles. The van der Waals surface area contributed by atoms with Gasteiger partial charge in [-0.2, -0.15) is 10.2 Å². The summed E-state index contributed by atoms with van der Waals surface area (Å²) in [6, 6.07) is 5.40. The fourth-order valence-corrected chi connectivity index (χ4v) is 2.42. The first-order chi connectivity index (χ1) is 11.5. The average molecular weight is 345 g/mol. The van der Waals surface area contributed by atoms with Crippen molar-refractivity contribution in [2.45, 2.75) is 27.1 Å². The summed E-state index contributed by atoms with van der Waals surface area (Å²) in [6.45, 7) is 4.56. The number of amides is 1. The number of aromatic nitrogens is 5. The summed E-state index contributed by atoms with van der Waals surface area (Å²) in [6.07, 6.45) is 5.15. The first kappa shape index (κ1) is 16.2. The van der Waals surface area contributed by atoms with E-state index in [9.17, 15) is 4.79 Å². The number of rotatable bonds is 5. The smallest absolute Gasteiger partial charge is 0.272 e. The third-order valence-electron chi connectivity index (χ3n) is 3.62. The molecule has 1 N–H and O–H groups in total. The van der Waals surface area contributed by atoms with Gasteiger partial charge < -0.3 is 5.32 Å². The molecule has 8 heteroatoms. The van der Waals surface area contributed by atoms with Crippen LogP contribution in [0.2, 0.25) is 5.02 Å². The van der Waals surface area contributed by atoms with Gasteiger partial charge >= 0.3 is 0 Å². The second-order valence-electron chi connectivity index (χ2n) is 5.41. The summed E-state index contributed by atoms with van der Waals surface area (Å²) in [5, 5.41) is 12.1. The van der Waals surface area contributed by atoms with Crippen molar-refractivity contribution in [1.29, 1.82) is 0 Å².